The number of hydrogen-bond donors (Lipinski definition) is 0. The maximum atomic E-state index is 14.0. The van der Waals surface area contributed by atoms with E-state index in [0.29, 0.717) is 28.7 Å². The molecule has 59 heavy (non-hydrogen) atoms. The Hall–Kier alpha value is -4.76. The van der Waals surface area contributed by atoms with Crippen LogP contribution in [-0.4, -0.2) is 65.0 Å². The van der Waals surface area contributed by atoms with Crippen molar-refractivity contribution in [3.05, 3.63) is 143 Å². The Balaban J connectivity index is 1.36. The summed E-state index contributed by atoms with van der Waals surface area (Å²) in [5.41, 5.74) is -2.35. The molecule has 0 spiro atoms. The lowest BCUT2D eigenvalue weighted by Gasteiger charge is -2.47. The average Bonchev–Trinajstić information content (AvgIpc) is 3.18. The normalized spacial score (nSPS) is 13.4. The number of ketones is 3. The molecule has 0 amide bonds. The van der Waals surface area contributed by atoms with Crippen molar-refractivity contribution in [2.45, 2.75) is 125 Å². The maximum absolute atomic E-state index is 14.0. The SMILES string of the molecule is CC(CC(C)(C)C(C)(C)OCC(C)(C)OC(=O)c1ccccc1C(=O)c1ccccc1)OC(C)(C)C(C)(C)COC(C)(C)C(=O)c1ccccc1C(=O)c1ccccc1. The molecule has 0 radical (unpaired) electrons. The highest BCUT2D eigenvalue weighted by atomic mass is 16.6. The van der Waals surface area contributed by atoms with Crippen LogP contribution < -0.4 is 0 Å². The van der Waals surface area contributed by atoms with Crippen molar-refractivity contribution < 1.29 is 38.1 Å². The Kier molecular flexibility index (Phi) is 14.5. The van der Waals surface area contributed by atoms with Crippen molar-refractivity contribution in [3.63, 3.8) is 0 Å². The fourth-order valence-corrected chi connectivity index (χ4v) is 6.71. The van der Waals surface area contributed by atoms with Crippen molar-refractivity contribution >= 4 is 23.3 Å². The third-order valence-electron chi connectivity index (χ3n) is 11.9. The van der Waals surface area contributed by atoms with E-state index in [2.05, 4.69) is 27.7 Å². The summed E-state index contributed by atoms with van der Waals surface area (Å²) >= 11 is 0. The molecule has 0 N–H and O–H groups in total. The minimum Gasteiger partial charge on any atom is -0.454 e. The highest BCUT2D eigenvalue weighted by Crippen LogP contribution is 2.42. The molecule has 4 rings (SSSR count). The highest BCUT2D eigenvalue weighted by Gasteiger charge is 2.45. The number of Topliss-reactive ketones (excluding diaryl/α,β-unsaturated/α-hetero) is 1. The molecule has 8 nitrogen and oxygen atoms in total. The topological polar surface area (TPSA) is 105 Å². The van der Waals surface area contributed by atoms with Crippen LogP contribution in [0.3, 0.4) is 0 Å². The van der Waals surface area contributed by atoms with Gasteiger partial charge in [-0.1, -0.05) is 131 Å². The molecule has 0 aliphatic rings. The van der Waals surface area contributed by atoms with Crippen LogP contribution in [0.2, 0.25) is 0 Å². The first-order valence-electron chi connectivity index (χ1n) is 20.4. The van der Waals surface area contributed by atoms with Gasteiger partial charge in [-0.2, -0.15) is 0 Å². The number of hydrogen-bond acceptors (Lipinski definition) is 8. The lowest BCUT2D eigenvalue weighted by atomic mass is 9.72. The van der Waals surface area contributed by atoms with Gasteiger partial charge in [-0.05, 0) is 80.2 Å². The zero-order chi connectivity index (χ0) is 44.0. The lowest BCUT2D eigenvalue weighted by Crippen LogP contribution is -2.51. The van der Waals surface area contributed by atoms with Gasteiger partial charge in [0.15, 0.2) is 17.3 Å². The zero-order valence-electron chi connectivity index (χ0n) is 37.4. The van der Waals surface area contributed by atoms with Gasteiger partial charge in [-0.3, -0.25) is 14.4 Å². The summed E-state index contributed by atoms with van der Waals surface area (Å²) < 4.78 is 25.7. The smallest absolute Gasteiger partial charge is 0.339 e. The van der Waals surface area contributed by atoms with Gasteiger partial charge in [0.1, 0.15) is 11.2 Å². The van der Waals surface area contributed by atoms with Gasteiger partial charge in [0, 0.05) is 33.2 Å². The van der Waals surface area contributed by atoms with E-state index in [0.717, 1.165) is 0 Å². The first-order valence-corrected chi connectivity index (χ1v) is 20.4. The summed E-state index contributed by atoms with van der Waals surface area (Å²) in [7, 11) is 0. The third kappa shape index (κ3) is 11.5. The summed E-state index contributed by atoms with van der Waals surface area (Å²) in [6.45, 7) is 26.0. The fraction of sp³-hybridized carbons (Fsp3) is 0.451. The van der Waals surface area contributed by atoms with Crippen LogP contribution in [0.15, 0.2) is 109 Å². The van der Waals surface area contributed by atoms with Gasteiger partial charge in [-0.15, -0.1) is 0 Å². The monoisotopic (exact) mass is 804 g/mol. The molecule has 0 saturated carbocycles. The molecule has 1 atom stereocenters. The second kappa shape index (κ2) is 18.2. The number of benzene rings is 4. The van der Waals surface area contributed by atoms with E-state index in [1.54, 1.807) is 125 Å². The number of esters is 1. The van der Waals surface area contributed by atoms with Crippen molar-refractivity contribution in [2.75, 3.05) is 13.2 Å². The van der Waals surface area contributed by atoms with Gasteiger partial charge < -0.3 is 18.9 Å². The van der Waals surface area contributed by atoms with E-state index in [9.17, 15) is 19.2 Å². The minimum absolute atomic E-state index is 0.120. The second-order valence-corrected chi connectivity index (χ2v) is 19.0. The summed E-state index contributed by atoms with van der Waals surface area (Å²) in [6, 6.07) is 31.4. The van der Waals surface area contributed by atoms with Crippen LogP contribution in [-0.2, 0) is 18.9 Å². The molecule has 1 unspecified atom stereocenters. The molecule has 8 heteroatoms. The van der Waals surface area contributed by atoms with Gasteiger partial charge in [0.25, 0.3) is 0 Å². The van der Waals surface area contributed by atoms with E-state index in [4.69, 9.17) is 18.9 Å². The summed E-state index contributed by atoms with van der Waals surface area (Å²) in [5.74, 6) is -1.33. The van der Waals surface area contributed by atoms with E-state index in [1.807, 2.05) is 46.8 Å². The van der Waals surface area contributed by atoms with Crippen molar-refractivity contribution in [1.82, 2.24) is 0 Å². The standard InChI is InChI=1S/C51H64O8/c1-35(58-51(12,13)47(4,5)33-56-49(8,9)44(54)40-30-22-20-28-38(40)42(52)36-24-16-14-17-25-36)32-46(2,3)50(10,11)57-34-48(6,7)59-45(55)41-31-23-21-29-39(41)43(53)37-26-18-15-19-27-37/h14-31,35H,32-34H2,1-13H3. The van der Waals surface area contributed by atoms with E-state index in [-0.39, 0.29) is 47.8 Å². The average molecular weight is 805 g/mol. The second-order valence-electron chi connectivity index (χ2n) is 19.0. The fourth-order valence-electron chi connectivity index (χ4n) is 6.71. The van der Waals surface area contributed by atoms with Crippen molar-refractivity contribution in [3.8, 4) is 0 Å². The number of ether oxygens (including phenoxy) is 4. The largest absolute Gasteiger partial charge is 0.454 e. The van der Waals surface area contributed by atoms with Crippen LogP contribution in [0.5, 0.6) is 0 Å². The Bertz CT molecular complexity index is 2090. The first-order chi connectivity index (χ1) is 27.3. The quantitative estimate of drug-likeness (QED) is 0.0642. The molecule has 0 fully saturated rings. The molecule has 0 aromatic heterocycles. The summed E-state index contributed by atoms with van der Waals surface area (Å²) in [6.07, 6.45) is 0.448. The molecule has 0 aliphatic carbocycles. The predicted octanol–water partition coefficient (Wildman–Crippen LogP) is 11.2. The van der Waals surface area contributed by atoms with Gasteiger partial charge in [-0.25, -0.2) is 4.79 Å². The van der Waals surface area contributed by atoms with E-state index >= 15 is 0 Å². The predicted molar refractivity (Wildman–Crippen MR) is 233 cm³/mol. The Morgan fingerprint density at radius 3 is 1.41 bits per heavy atom. The Morgan fingerprint density at radius 1 is 0.492 bits per heavy atom. The third-order valence-corrected chi connectivity index (χ3v) is 11.9. The maximum Gasteiger partial charge on any atom is 0.339 e. The molecule has 0 saturated heterocycles. The molecule has 0 heterocycles. The first kappa shape index (κ1) is 46.9. The van der Waals surface area contributed by atoms with Crippen LogP contribution in [0.1, 0.15) is 149 Å². The minimum atomic E-state index is -1.22. The summed E-state index contributed by atoms with van der Waals surface area (Å²) in [4.78, 5) is 54.2. The Morgan fingerprint density at radius 2 is 0.915 bits per heavy atom. The van der Waals surface area contributed by atoms with Crippen LogP contribution in [0.4, 0.5) is 0 Å². The van der Waals surface area contributed by atoms with E-state index in [1.165, 1.54) is 0 Å². The van der Waals surface area contributed by atoms with Gasteiger partial charge in [0.05, 0.1) is 36.1 Å². The molecule has 4 aromatic carbocycles. The van der Waals surface area contributed by atoms with Crippen molar-refractivity contribution in [1.29, 1.82) is 0 Å². The zero-order valence-corrected chi connectivity index (χ0v) is 37.4. The van der Waals surface area contributed by atoms with Gasteiger partial charge >= 0.3 is 5.97 Å². The molecule has 0 aliphatic heterocycles. The number of rotatable bonds is 20. The molecule has 316 valence electrons. The molecule has 4 aromatic rings. The van der Waals surface area contributed by atoms with Crippen LogP contribution in [0.25, 0.3) is 0 Å². The molecular formula is C51H64O8. The molecule has 0 bridgehead atoms. The molecular weight excluding hydrogens is 741 g/mol. The van der Waals surface area contributed by atoms with E-state index < -0.39 is 39.2 Å². The lowest BCUT2D eigenvalue weighted by molar-refractivity contribution is -0.185. The number of carbonyl (C=O) groups is 4. The number of carbonyl (C=O) groups excluding carboxylic acids is 4. The van der Waals surface area contributed by atoms with Gasteiger partial charge in [0.2, 0.25) is 0 Å². The summed E-state index contributed by atoms with van der Waals surface area (Å²) in [5, 5.41) is 0. The van der Waals surface area contributed by atoms with Crippen LogP contribution >= 0.6 is 0 Å². The highest BCUT2D eigenvalue weighted by molar-refractivity contribution is 6.17. The van der Waals surface area contributed by atoms with Crippen LogP contribution in [0, 0.1) is 10.8 Å². The Labute approximate surface area is 352 Å². The van der Waals surface area contributed by atoms with Crippen molar-refractivity contribution in [2.24, 2.45) is 10.8 Å².